The first kappa shape index (κ1) is 22.6. The highest BCUT2D eigenvalue weighted by atomic mass is 16.5. The lowest BCUT2D eigenvalue weighted by molar-refractivity contribution is 0.371. The van der Waals surface area contributed by atoms with Crippen LogP contribution in [-0.4, -0.2) is 56.5 Å². The van der Waals surface area contributed by atoms with E-state index in [0.717, 1.165) is 59.5 Å². The third-order valence-corrected chi connectivity index (χ3v) is 6.22. The molecule has 0 unspecified atom stereocenters. The lowest BCUT2D eigenvalue weighted by Gasteiger charge is -2.21. The van der Waals surface area contributed by atoms with Crippen LogP contribution in [0, 0.1) is 0 Å². The monoisotopic (exact) mass is 471 g/mol. The normalized spacial score (nSPS) is 14.2. The highest BCUT2D eigenvalue weighted by Gasteiger charge is 2.16. The first-order chi connectivity index (χ1) is 17.0. The fourth-order valence-corrected chi connectivity index (χ4v) is 4.34. The molecule has 0 radical (unpaired) electrons. The third kappa shape index (κ3) is 4.75. The third-order valence-electron chi connectivity index (χ3n) is 6.22. The van der Waals surface area contributed by atoms with Crippen LogP contribution in [-0.2, 0) is 13.6 Å². The summed E-state index contributed by atoms with van der Waals surface area (Å²) in [5.74, 6) is 1.37. The molecule has 9 heteroatoms. The van der Waals surface area contributed by atoms with Crippen molar-refractivity contribution in [2.45, 2.75) is 19.4 Å². The summed E-state index contributed by atoms with van der Waals surface area (Å²) >= 11 is 0. The fourth-order valence-electron chi connectivity index (χ4n) is 4.34. The minimum absolute atomic E-state index is 0.683. The van der Waals surface area contributed by atoms with Gasteiger partial charge in [0.05, 0.1) is 38.0 Å². The maximum atomic E-state index is 5.44. The van der Waals surface area contributed by atoms with E-state index in [9.17, 15) is 0 Å². The fraction of sp³-hybridized carbons (Fsp3) is 0.308. The predicted octanol–water partition coefficient (Wildman–Crippen LogP) is 3.69. The number of aryl methyl sites for hydroxylation is 1. The second kappa shape index (κ2) is 9.61. The summed E-state index contributed by atoms with van der Waals surface area (Å²) in [6.45, 7) is 6.77. The van der Waals surface area contributed by atoms with Crippen LogP contribution in [0.3, 0.4) is 0 Å². The Morgan fingerprint density at radius 2 is 1.86 bits per heavy atom. The summed E-state index contributed by atoms with van der Waals surface area (Å²) in [4.78, 5) is 17.0. The molecule has 0 bridgehead atoms. The van der Waals surface area contributed by atoms with E-state index in [2.05, 4.69) is 21.1 Å². The Labute approximate surface area is 204 Å². The van der Waals surface area contributed by atoms with Crippen molar-refractivity contribution in [3.63, 3.8) is 0 Å². The van der Waals surface area contributed by atoms with Crippen molar-refractivity contribution in [1.29, 1.82) is 0 Å². The zero-order valence-corrected chi connectivity index (χ0v) is 20.3. The zero-order chi connectivity index (χ0) is 24.4. The van der Waals surface area contributed by atoms with Gasteiger partial charge in [0.1, 0.15) is 22.5 Å². The minimum atomic E-state index is 0.683. The maximum Gasteiger partial charge on any atom is 0.160 e. The van der Waals surface area contributed by atoms with Crippen molar-refractivity contribution in [2.75, 3.05) is 27.3 Å². The Bertz CT molecular complexity index is 1430. The summed E-state index contributed by atoms with van der Waals surface area (Å²) in [5.41, 5.74) is 5.95. The number of ether oxygens (including phenoxy) is 2. The summed E-state index contributed by atoms with van der Waals surface area (Å²) < 4.78 is 14.8. The van der Waals surface area contributed by atoms with Crippen LogP contribution in [0.5, 0.6) is 11.5 Å². The molecule has 1 saturated heterocycles. The Balaban J connectivity index is 1.65. The molecule has 0 aliphatic carbocycles. The number of aromatic nitrogens is 5. The molecule has 1 aliphatic heterocycles. The molecule has 5 rings (SSSR count). The van der Waals surface area contributed by atoms with Gasteiger partial charge in [-0.25, -0.2) is 9.98 Å². The molecule has 1 aromatic carbocycles. The Morgan fingerprint density at radius 1 is 1.06 bits per heavy atom. The van der Waals surface area contributed by atoms with Crippen molar-refractivity contribution in [3.8, 4) is 22.8 Å². The van der Waals surface area contributed by atoms with E-state index in [1.807, 2.05) is 43.6 Å². The van der Waals surface area contributed by atoms with Gasteiger partial charge in [-0.2, -0.15) is 5.10 Å². The average molecular weight is 472 g/mol. The van der Waals surface area contributed by atoms with Gasteiger partial charge in [-0.15, -0.1) is 0 Å². The molecule has 0 amide bonds. The SMILES string of the molecule is C=C1CCCN1CCn1/c(=N/c2cc(OC)cc(OC)c2)ccc2ncc(-c3cnn(C)c3)nc21. The van der Waals surface area contributed by atoms with Gasteiger partial charge in [-0.3, -0.25) is 9.67 Å². The first-order valence-corrected chi connectivity index (χ1v) is 11.6. The van der Waals surface area contributed by atoms with Gasteiger partial charge >= 0.3 is 0 Å². The van der Waals surface area contributed by atoms with E-state index in [4.69, 9.17) is 24.4 Å². The first-order valence-electron chi connectivity index (χ1n) is 11.6. The van der Waals surface area contributed by atoms with Crippen molar-refractivity contribution in [2.24, 2.45) is 12.0 Å². The number of rotatable bonds is 7. The number of benzene rings is 1. The molecule has 9 nitrogen and oxygen atoms in total. The second-order valence-electron chi connectivity index (χ2n) is 8.55. The molecule has 0 atom stereocenters. The molecular weight excluding hydrogens is 442 g/mol. The minimum Gasteiger partial charge on any atom is -0.497 e. The maximum absolute atomic E-state index is 5.44. The Morgan fingerprint density at radius 3 is 2.51 bits per heavy atom. The van der Waals surface area contributed by atoms with Gasteiger partial charge in [0.15, 0.2) is 5.65 Å². The van der Waals surface area contributed by atoms with Gasteiger partial charge in [-0.1, -0.05) is 6.58 Å². The standard InChI is InChI=1S/C26H29N7O2/c1-18-6-5-9-32(18)10-11-33-25(29-20-12-21(34-3)14-22(13-20)35-4)8-7-23-26(33)30-24(16-27-23)19-15-28-31(2)17-19/h7-8,12-17H,1,5-6,9-11H2,2-4H3/b29-25+. The van der Waals surface area contributed by atoms with Crippen molar-refractivity contribution >= 4 is 16.9 Å². The number of hydrogen-bond donors (Lipinski definition) is 0. The van der Waals surface area contributed by atoms with Crippen LogP contribution in [0.4, 0.5) is 5.69 Å². The topological polar surface area (TPSA) is 82.6 Å². The number of fused-ring (bicyclic) bond motifs is 1. The van der Waals surface area contributed by atoms with Crippen molar-refractivity contribution in [1.82, 2.24) is 29.2 Å². The molecule has 0 N–H and O–H groups in total. The van der Waals surface area contributed by atoms with Crippen LogP contribution in [0.2, 0.25) is 0 Å². The van der Waals surface area contributed by atoms with E-state index < -0.39 is 0 Å². The largest absolute Gasteiger partial charge is 0.497 e. The van der Waals surface area contributed by atoms with Gasteiger partial charge < -0.3 is 18.9 Å². The highest BCUT2D eigenvalue weighted by Crippen LogP contribution is 2.27. The molecule has 0 spiro atoms. The van der Waals surface area contributed by atoms with Crippen LogP contribution < -0.4 is 15.0 Å². The van der Waals surface area contributed by atoms with E-state index in [0.29, 0.717) is 18.0 Å². The quantitative estimate of drug-likeness (QED) is 0.409. The van der Waals surface area contributed by atoms with Crippen LogP contribution >= 0.6 is 0 Å². The van der Waals surface area contributed by atoms with Gasteiger partial charge in [-0.05, 0) is 25.0 Å². The van der Waals surface area contributed by atoms with E-state index in [1.54, 1.807) is 31.3 Å². The highest BCUT2D eigenvalue weighted by molar-refractivity contribution is 5.73. The average Bonchev–Trinajstić information content (AvgIpc) is 3.50. The van der Waals surface area contributed by atoms with Gasteiger partial charge in [0.2, 0.25) is 0 Å². The van der Waals surface area contributed by atoms with E-state index in [-0.39, 0.29) is 0 Å². The molecule has 4 heterocycles. The molecule has 180 valence electrons. The van der Waals surface area contributed by atoms with E-state index >= 15 is 0 Å². The Kier molecular flexibility index (Phi) is 6.22. The lowest BCUT2D eigenvalue weighted by Crippen LogP contribution is -2.29. The van der Waals surface area contributed by atoms with Crippen molar-refractivity contribution in [3.05, 3.63) is 66.7 Å². The summed E-state index contributed by atoms with van der Waals surface area (Å²) in [7, 11) is 5.15. The molecule has 0 saturated carbocycles. The lowest BCUT2D eigenvalue weighted by atomic mass is 10.2. The van der Waals surface area contributed by atoms with Gasteiger partial charge in [0.25, 0.3) is 0 Å². The molecular formula is C26H29N7O2. The van der Waals surface area contributed by atoms with Crippen molar-refractivity contribution < 1.29 is 9.47 Å². The number of allylic oxidation sites excluding steroid dienone is 1. The van der Waals surface area contributed by atoms with Crippen LogP contribution in [0.15, 0.2) is 66.2 Å². The Hall–Kier alpha value is -4.14. The molecule has 1 fully saturated rings. The van der Waals surface area contributed by atoms with E-state index in [1.165, 1.54) is 5.70 Å². The number of pyridine rings is 1. The zero-order valence-electron chi connectivity index (χ0n) is 20.3. The smallest absolute Gasteiger partial charge is 0.160 e. The second-order valence-corrected chi connectivity index (χ2v) is 8.55. The van der Waals surface area contributed by atoms with Crippen LogP contribution in [0.25, 0.3) is 22.4 Å². The molecule has 4 aromatic rings. The summed E-state index contributed by atoms with van der Waals surface area (Å²) in [6, 6.07) is 9.54. The van der Waals surface area contributed by atoms with Crippen LogP contribution in [0.1, 0.15) is 12.8 Å². The predicted molar refractivity (Wildman–Crippen MR) is 134 cm³/mol. The van der Waals surface area contributed by atoms with Gasteiger partial charge in [0, 0.05) is 62.3 Å². The number of hydrogen-bond acceptors (Lipinski definition) is 7. The number of nitrogens with zero attached hydrogens (tertiary/aromatic N) is 7. The molecule has 1 aliphatic rings. The molecule has 35 heavy (non-hydrogen) atoms. The molecule has 3 aromatic heterocycles. The summed E-state index contributed by atoms with van der Waals surface area (Å²) in [5, 5.41) is 4.28. The number of likely N-dealkylation sites (tertiary alicyclic amines) is 1. The number of methoxy groups -OCH3 is 2. The summed E-state index contributed by atoms with van der Waals surface area (Å²) in [6.07, 6.45) is 7.71.